The van der Waals surface area contributed by atoms with Crippen LogP contribution in [0.2, 0.25) is 0 Å². The van der Waals surface area contributed by atoms with E-state index in [1.165, 1.54) is 11.8 Å². The smallest absolute Gasteiger partial charge is 0.280 e. The van der Waals surface area contributed by atoms with E-state index in [4.69, 9.17) is 10.5 Å². The molecule has 0 radical (unpaired) electrons. The molecule has 0 aliphatic carbocycles. The third-order valence-electron chi connectivity index (χ3n) is 4.69. The van der Waals surface area contributed by atoms with Crippen molar-refractivity contribution in [1.29, 1.82) is 0 Å². The van der Waals surface area contributed by atoms with Gasteiger partial charge in [0, 0.05) is 26.9 Å². The Kier molecular flexibility index (Phi) is 8.68. The highest BCUT2D eigenvalue weighted by Crippen LogP contribution is 2.32. The number of benzene rings is 1. The molecule has 0 saturated carbocycles. The highest BCUT2D eigenvalue weighted by Gasteiger charge is 2.19. The van der Waals surface area contributed by atoms with Gasteiger partial charge in [-0.2, -0.15) is 4.98 Å². The summed E-state index contributed by atoms with van der Waals surface area (Å²) < 4.78 is 7.77. The maximum absolute atomic E-state index is 12.2. The fourth-order valence-corrected chi connectivity index (χ4v) is 5.74. The molecule has 2 aromatic heterocycles. The molecule has 0 bridgehead atoms. The van der Waals surface area contributed by atoms with E-state index in [1.807, 2.05) is 12.1 Å². The van der Waals surface area contributed by atoms with E-state index in [0.29, 0.717) is 22.7 Å². The maximum atomic E-state index is 12.2. The fourth-order valence-electron chi connectivity index (χ4n) is 2.99. The number of H-pyrrole nitrogens is 1. The van der Waals surface area contributed by atoms with Crippen molar-refractivity contribution in [1.82, 2.24) is 19.5 Å². The second-order valence-electron chi connectivity index (χ2n) is 7.90. The standard InChI is InChI=1S/C21H28BrN5O3S2/c1-13(12-30-21(2,3)8-9-22)31-14-4-6-15(7-5-14)32-20-24-16-17(27(20)10-11-28)25-19(23)26-18(16)29/h4-7,13,28H,8-12H2,1-3H3,(H3,23,25,26,29). The van der Waals surface area contributed by atoms with E-state index in [1.54, 1.807) is 16.3 Å². The number of nitrogen functional groups attached to an aromatic ring is 1. The highest BCUT2D eigenvalue weighted by atomic mass is 79.9. The molecule has 0 fully saturated rings. The number of nitrogens with one attached hydrogen (secondary N) is 1. The van der Waals surface area contributed by atoms with Gasteiger partial charge in [-0.05, 0) is 44.5 Å². The number of nitrogens with two attached hydrogens (primary N) is 1. The van der Waals surface area contributed by atoms with Crippen LogP contribution in [-0.4, -0.2) is 54.0 Å². The predicted octanol–water partition coefficient (Wildman–Crippen LogP) is 3.91. The first-order valence-corrected chi connectivity index (χ1v) is 13.1. The monoisotopic (exact) mass is 541 g/mol. The summed E-state index contributed by atoms with van der Waals surface area (Å²) in [5, 5.41) is 11.3. The van der Waals surface area contributed by atoms with Gasteiger partial charge < -0.3 is 20.1 Å². The van der Waals surface area contributed by atoms with E-state index in [0.717, 1.165) is 21.5 Å². The van der Waals surface area contributed by atoms with Gasteiger partial charge in [0.2, 0.25) is 5.95 Å². The minimum absolute atomic E-state index is 0.0215. The number of alkyl halides is 1. The topological polar surface area (TPSA) is 119 Å². The van der Waals surface area contributed by atoms with Crippen LogP contribution in [0.1, 0.15) is 27.2 Å². The van der Waals surface area contributed by atoms with Crippen LogP contribution in [0.4, 0.5) is 5.95 Å². The van der Waals surface area contributed by atoms with E-state index < -0.39 is 5.56 Å². The number of halogens is 1. The molecule has 4 N–H and O–H groups in total. The summed E-state index contributed by atoms with van der Waals surface area (Å²) in [5.41, 5.74) is 5.72. The van der Waals surface area contributed by atoms with Gasteiger partial charge in [-0.1, -0.05) is 34.6 Å². The fraction of sp³-hybridized carbons (Fsp3) is 0.476. The molecule has 32 heavy (non-hydrogen) atoms. The van der Waals surface area contributed by atoms with Gasteiger partial charge in [-0.15, -0.1) is 11.8 Å². The number of thioether (sulfide) groups is 1. The average molecular weight is 543 g/mol. The summed E-state index contributed by atoms with van der Waals surface area (Å²) >= 11 is 6.65. The molecule has 0 aliphatic heterocycles. The summed E-state index contributed by atoms with van der Waals surface area (Å²) in [7, 11) is 0. The number of aromatic amines is 1. The highest BCUT2D eigenvalue weighted by molar-refractivity contribution is 9.09. The second kappa shape index (κ2) is 11.1. The Hall–Kier alpha value is -1.53. The maximum Gasteiger partial charge on any atom is 0.280 e. The minimum Gasteiger partial charge on any atom is -0.395 e. The van der Waals surface area contributed by atoms with Crippen molar-refractivity contribution >= 4 is 56.6 Å². The number of rotatable bonds is 11. The Morgan fingerprint density at radius 1 is 1.28 bits per heavy atom. The molecule has 0 amide bonds. The van der Waals surface area contributed by atoms with Crippen molar-refractivity contribution in [3.05, 3.63) is 34.6 Å². The Labute approximate surface area is 203 Å². The lowest BCUT2D eigenvalue weighted by molar-refractivity contribution is -0.0166. The van der Waals surface area contributed by atoms with Crippen molar-refractivity contribution in [2.45, 2.75) is 59.5 Å². The molecule has 11 heteroatoms. The van der Waals surface area contributed by atoms with Crippen LogP contribution in [0.25, 0.3) is 11.2 Å². The molecule has 1 atom stereocenters. The summed E-state index contributed by atoms with van der Waals surface area (Å²) in [6, 6.07) is 8.17. The predicted molar refractivity (Wildman–Crippen MR) is 134 cm³/mol. The molecule has 1 aromatic carbocycles. The van der Waals surface area contributed by atoms with Crippen LogP contribution in [-0.2, 0) is 11.3 Å². The van der Waals surface area contributed by atoms with Crippen LogP contribution < -0.4 is 11.3 Å². The third kappa shape index (κ3) is 6.50. The number of aromatic nitrogens is 4. The molecule has 3 rings (SSSR count). The molecule has 3 aromatic rings. The van der Waals surface area contributed by atoms with Crippen molar-refractivity contribution in [3.63, 3.8) is 0 Å². The van der Waals surface area contributed by atoms with Gasteiger partial charge in [-0.3, -0.25) is 9.78 Å². The zero-order valence-corrected chi connectivity index (χ0v) is 21.5. The number of anilines is 1. The number of hydrogen-bond donors (Lipinski definition) is 3. The number of nitrogens with zero attached hydrogens (tertiary/aromatic N) is 3. The molecular weight excluding hydrogens is 514 g/mol. The number of ether oxygens (including phenoxy) is 1. The van der Waals surface area contributed by atoms with Crippen LogP contribution in [0, 0.1) is 0 Å². The molecular formula is C21H28BrN5O3S2. The van der Waals surface area contributed by atoms with E-state index >= 15 is 0 Å². The van der Waals surface area contributed by atoms with Gasteiger partial charge in [-0.25, -0.2) is 4.98 Å². The lowest BCUT2D eigenvalue weighted by atomic mass is 10.1. The zero-order chi connectivity index (χ0) is 23.3. The second-order valence-corrected chi connectivity index (χ2v) is 11.3. The molecule has 0 spiro atoms. The molecule has 0 aliphatic rings. The summed E-state index contributed by atoms with van der Waals surface area (Å²) in [5.74, 6) is 0.0215. The molecule has 2 heterocycles. The Bertz CT molecular complexity index is 1100. The Balaban J connectivity index is 1.69. The van der Waals surface area contributed by atoms with Gasteiger partial charge in [0.15, 0.2) is 16.3 Å². The molecule has 174 valence electrons. The molecule has 8 nitrogen and oxygen atoms in total. The average Bonchev–Trinajstić information content (AvgIpc) is 3.06. The van der Waals surface area contributed by atoms with Crippen LogP contribution in [0.3, 0.4) is 0 Å². The first kappa shape index (κ1) is 25.1. The van der Waals surface area contributed by atoms with Gasteiger partial charge in [0.05, 0.1) is 18.8 Å². The first-order chi connectivity index (χ1) is 15.2. The van der Waals surface area contributed by atoms with E-state index in [-0.39, 0.29) is 30.2 Å². The van der Waals surface area contributed by atoms with Crippen molar-refractivity contribution in [2.75, 3.05) is 24.3 Å². The van der Waals surface area contributed by atoms with Crippen molar-refractivity contribution in [2.24, 2.45) is 0 Å². The SMILES string of the molecule is CC(COC(C)(C)CCBr)Sc1ccc(Sc2nc3c(=O)[nH]c(N)nc3n2CCO)cc1. The van der Waals surface area contributed by atoms with Crippen LogP contribution in [0.5, 0.6) is 0 Å². The lowest BCUT2D eigenvalue weighted by Gasteiger charge is -2.26. The number of aliphatic hydroxyl groups is 1. The summed E-state index contributed by atoms with van der Waals surface area (Å²) in [4.78, 5) is 25.4. The van der Waals surface area contributed by atoms with E-state index in [2.05, 4.69) is 63.8 Å². The summed E-state index contributed by atoms with van der Waals surface area (Å²) in [6.45, 7) is 7.22. The quantitative estimate of drug-likeness (QED) is 0.247. The molecule has 1 unspecified atom stereocenters. The number of imidazole rings is 1. The normalized spacial score (nSPS) is 13.0. The third-order valence-corrected chi connectivity index (χ3v) is 7.17. The van der Waals surface area contributed by atoms with Crippen LogP contribution >= 0.6 is 39.5 Å². The van der Waals surface area contributed by atoms with Crippen LogP contribution in [0.15, 0.2) is 44.0 Å². The van der Waals surface area contributed by atoms with Crippen molar-refractivity contribution < 1.29 is 9.84 Å². The van der Waals surface area contributed by atoms with Gasteiger partial charge >= 0.3 is 0 Å². The number of hydrogen-bond acceptors (Lipinski definition) is 8. The number of fused-ring (bicyclic) bond motifs is 1. The van der Waals surface area contributed by atoms with Gasteiger partial charge in [0.1, 0.15) is 0 Å². The lowest BCUT2D eigenvalue weighted by Crippen LogP contribution is -2.28. The summed E-state index contributed by atoms with van der Waals surface area (Å²) in [6.07, 6.45) is 0.964. The Morgan fingerprint density at radius 2 is 1.97 bits per heavy atom. The molecule has 0 saturated heterocycles. The van der Waals surface area contributed by atoms with Crippen molar-refractivity contribution in [3.8, 4) is 0 Å². The number of aliphatic hydroxyl groups excluding tert-OH is 1. The first-order valence-electron chi connectivity index (χ1n) is 10.2. The Morgan fingerprint density at radius 3 is 2.62 bits per heavy atom. The minimum atomic E-state index is -0.395. The largest absolute Gasteiger partial charge is 0.395 e. The van der Waals surface area contributed by atoms with Gasteiger partial charge in [0.25, 0.3) is 5.56 Å². The zero-order valence-electron chi connectivity index (χ0n) is 18.3. The van der Waals surface area contributed by atoms with E-state index in [9.17, 15) is 9.90 Å².